The van der Waals surface area contributed by atoms with Crippen LogP contribution in [-0.2, 0) is 16.1 Å². The fourth-order valence-corrected chi connectivity index (χ4v) is 3.84. The van der Waals surface area contributed by atoms with E-state index in [0.717, 1.165) is 35.3 Å². The summed E-state index contributed by atoms with van der Waals surface area (Å²) in [5.74, 6) is 0.240. The molecular weight excluding hydrogens is 354 g/mol. The summed E-state index contributed by atoms with van der Waals surface area (Å²) in [5, 5.41) is 13.1. The molecule has 1 saturated carbocycles. The van der Waals surface area contributed by atoms with Crippen molar-refractivity contribution in [3.8, 4) is 17.2 Å². The lowest BCUT2D eigenvalue weighted by Crippen LogP contribution is -2.51. The van der Waals surface area contributed by atoms with Gasteiger partial charge in [0.2, 0.25) is 11.8 Å². The summed E-state index contributed by atoms with van der Waals surface area (Å²) < 4.78 is 1.75. The summed E-state index contributed by atoms with van der Waals surface area (Å²) in [6.45, 7) is 4.59. The number of carbonyl (C=O) groups excluding carboxylic acids is 2. The summed E-state index contributed by atoms with van der Waals surface area (Å²) in [7, 11) is 0. The molecule has 1 aliphatic carbocycles. The van der Waals surface area contributed by atoms with Crippen LogP contribution in [0.25, 0.3) is 11.1 Å². The van der Waals surface area contributed by atoms with Crippen LogP contribution in [0.3, 0.4) is 0 Å². The van der Waals surface area contributed by atoms with E-state index in [0.29, 0.717) is 19.5 Å². The summed E-state index contributed by atoms with van der Waals surface area (Å²) >= 11 is 0. The number of aromatic nitrogens is 2. The molecule has 2 amide bonds. The second-order valence-corrected chi connectivity index (χ2v) is 7.56. The molecule has 2 heterocycles. The highest BCUT2D eigenvalue weighted by Gasteiger charge is 2.39. The van der Waals surface area contributed by atoms with Crippen molar-refractivity contribution in [2.24, 2.45) is 5.92 Å². The van der Waals surface area contributed by atoms with E-state index in [1.54, 1.807) is 22.7 Å². The second-order valence-electron chi connectivity index (χ2n) is 7.56. The fraction of sp³-hybridized carbons (Fsp3) is 0.429. The second kappa shape index (κ2) is 7.12. The first kappa shape index (κ1) is 18.2. The Morgan fingerprint density at radius 3 is 2.71 bits per heavy atom. The lowest BCUT2D eigenvalue weighted by atomic mass is 10.0. The third-order valence-corrected chi connectivity index (χ3v) is 5.36. The van der Waals surface area contributed by atoms with Gasteiger partial charge in [0, 0.05) is 31.1 Å². The lowest BCUT2D eigenvalue weighted by Gasteiger charge is -2.41. The van der Waals surface area contributed by atoms with Crippen molar-refractivity contribution < 1.29 is 9.59 Å². The first-order valence-corrected chi connectivity index (χ1v) is 9.64. The average Bonchev–Trinajstić information content (AvgIpc) is 3.42. The minimum Gasteiger partial charge on any atom is -0.308 e. The Morgan fingerprint density at radius 2 is 2.04 bits per heavy atom. The number of anilines is 2. The Morgan fingerprint density at radius 1 is 1.25 bits per heavy atom. The smallest absolute Gasteiger partial charge is 0.230 e. The molecule has 7 heteroatoms. The topological polar surface area (TPSA) is 82.2 Å². The number of nitriles is 1. The molecule has 1 atom stereocenters. The number of fused-ring (bicyclic) bond motifs is 1. The number of carbonyl (C=O) groups is 2. The van der Waals surface area contributed by atoms with Gasteiger partial charge in [-0.3, -0.25) is 14.3 Å². The summed E-state index contributed by atoms with van der Waals surface area (Å²) in [4.78, 5) is 28.7. The van der Waals surface area contributed by atoms with Gasteiger partial charge in [0.05, 0.1) is 42.6 Å². The highest BCUT2D eigenvalue weighted by Crippen LogP contribution is 2.41. The summed E-state index contributed by atoms with van der Waals surface area (Å²) in [6, 6.07) is 7.91. The van der Waals surface area contributed by atoms with Gasteiger partial charge in [-0.1, -0.05) is 6.07 Å². The Kier molecular flexibility index (Phi) is 4.63. The Balaban J connectivity index is 1.73. The maximum absolute atomic E-state index is 12.9. The van der Waals surface area contributed by atoms with Crippen molar-refractivity contribution in [1.29, 1.82) is 5.26 Å². The van der Waals surface area contributed by atoms with Gasteiger partial charge in [-0.2, -0.15) is 10.4 Å². The predicted molar refractivity (Wildman–Crippen MR) is 106 cm³/mol. The average molecular weight is 377 g/mol. The van der Waals surface area contributed by atoms with Gasteiger partial charge in [0.25, 0.3) is 0 Å². The largest absolute Gasteiger partial charge is 0.308 e. The fourth-order valence-electron chi connectivity index (χ4n) is 3.84. The molecule has 0 radical (unpaired) electrons. The molecule has 28 heavy (non-hydrogen) atoms. The number of benzene rings is 1. The maximum Gasteiger partial charge on any atom is 0.230 e. The highest BCUT2D eigenvalue weighted by atomic mass is 16.2. The van der Waals surface area contributed by atoms with Gasteiger partial charge >= 0.3 is 0 Å². The molecule has 144 valence electrons. The number of hydrogen-bond acceptors (Lipinski definition) is 4. The molecule has 4 rings (SSSR count). The minimum absolute atomic E-state index is 0.0238. The third kappa shape index (κ3) is 3.26. The van der Waals surface area contributed by atoms with Crippen LogP contribution in [0.5, 0.6) is 0 Å². The zero-order valence-electron chi connectivity index (χ0n) is 16.1. The monoisotopic (exact) mass is 377 g/mol. The van der Waals surface area contributed by atoms with Gasteiger partial charge in [-0.15, -0.1) is 0 Å². The van der Waals surface area contributed by atoms with E-state index >= 15 is 0 Å². The first-order chi connectivity index (χ1) is 13.5. The minimum atomic E-state index is -0.0627. The number of hydrogen-bond donors (Lipinski definition) is 0. The lowest BCUT2D eigenvalue weighted by molar-refractivity contribution is -0.120. The number of rotatable bonds is 4. The molecule has 7 nitrogen and oxygen atoms in total. The molecule has 2 aliphatic rings. The van der Waals surface area contributed by atoms with Gasteiger partial charge in [0.1, 0.15) is 0 Å². The van der Waals surface area contributed by atoms with E-state index < -0.39 is 0 Å². The van der Waals surface area contributed by atoms with E-state index in [-0.39, 0.29) is 23.8 Å². The normalized spacial score (nSPS) is 18.5. The maximum atomic E-state index is 12.9. The van der Waals surface area contributed by atoms with Crippen LogP contribution >= 0.6 is 0 Å². The van der Waals surface area contributed by atoms with Crippen molar-refractivity contribution in [2.75, 3.05) is 16.3 Å². The Bertz CT molecular complexity index is 969. The molecule has 0 spiro atoms. The number of aryl methyl sites for hydroxylation is 1. The molecule has 1 aromatic carbocycles. The standard InChI is InChI=1S/C21H23N5O2/c1-14-12-25(21(28)16-4-5-16)20-10-17(6-7-19(20)26(14)15(2)27)18-11-23-24(13-18)9-3-8-22/h6-7,10-11,13-14,16H,3-5,9,12H2,1-2H3/t14-/m0/s1. The van der Waals surface area contributed by atoms with E-state index in [9.17, 15) is 9.59 Å². The van der Waals surface area contributed by atoms with E-state index in [4.69, 9.17) is 5.26 Å². The van der Waals surface area contributed by atoms with Crippen molar-refractivity contribution in [1.82, 2.24) is 9.78 Å². The molecule has 0 saturated heterocycles. The predicted octanol–water partition coefficient (Wildman–Crippen LogP) is 2.96. The molecule has 1 aromatic heterocycles. The highest BCUT2D eigenvalue weighted by molar-refractivity contribution is 6.06. The quantitative estimate of drug-likeness (QED) is 0.820. The van der Waals surface area contributed by atoms with E-state index in [1.807, 2.05) is 36.2 Å². The molecule has 0 N–H and O–H groups in total. The molecule has 2 aromatic rings. The van der Waals surface area contributed by atoms with Crippen LogP contribution in [0, 0.1) is 17.2 Å². The summed E-state index contributed by atoms with van der Waals surface area (Å²) in [6.07, 6.45) is 5.96. The molecule has 1 fully saturated rings. The number of amides is 2. The van der Waals surface area contributed by atoms with Crippen molar-refractivity contribution >= 4 is 23.2 Å². The van der Waals surface area contributed by atoms with Gasteiger partial charge in [-0.05, 0) is 37.5 Å². The van der Waals surface area contributed by atoms with Crippen LogP contribution in [0.2, 0.25) is 0 Å². The van der Waals surface area contributed by atoms with Gasteiger partial charge in [-0.25, -0.2) is 0 Å². The Hall–Kier alpha value is -3.14. The first-order valence-electron chi connectivity index (χ1n) is 9.64. The van der Waals surface area contributed by atoms with Crippen molar-refractivity contribution in [2.45, 2.75) is 45.7 Å². The zero-order valence-corrected chi connectivity index (χ0v) is 16.1. The van der Waals surface area contributed by atoms with Crippen LogP contribution < -0.4 is 9.80 Å². The van der Waals surface area contributed by atoms with Crippen LogP contribution in [0.4, 0.5) is 11.4 Å². The van der Waals surface area contributed by atoms with Crippen LogP contribution in [0.1, 0.15) is 33.1 Å². The third-order valence-electron chi connectivity index (χ3n) is 5.36. The number of nitrogens with zero attached hydrogens (tertiary/aromatic N) is 5. The summed E-state index contributed by atoms with van der Waals surface area (Å²) in [5.41, 5.74) is 3.43. The van der Waals surface area contributed by atoms with Gasteiger partial charge < -0.3 is 9.80 Å². The van der Waals surface area contributed by atoms with Crippen LogP contribution in [-0.4, -0.2) is 34.2 Å². The van der Waals surface area contributed by atoms with E-state index in [2.05, 4.69) is 11.2 Å². The van der Waals surface area contributed by atoms with Crippen molar-refractivity contribution in [3.05, 3.63) is 30.6 Å². The van der Waals surface area contributed by atoms with Gasteiger partial charge in [0.15, 0.2) is 0 Å². The molecule has 0 bridgehead atoms. The SMILES string of the molecule is CC(=O)N1c2ccc(-c3cnn(CCC#N)c3)cc2N(C(=O)C2CC2)C[C@@H]1C. The van der Waals surface area contributed by atoms with Crippen molar-refractivity contribution in [3.63, 3.8) is 0 Å². The van der Waals surface area contributed by atoms with E-state index in [1.165, 1.54) is 0 Å². The molecular formula is C21H23N5O2. The zero-order chi connectivity index (χ0) is 19.8. The van der Waals surface area contributed by atoms with Crippen LogP contribution in [0.15, 0.2) is 30.6 Å². The molecule has 1 aliphatic heterocycles. The molecule has 0 unspecified atom stereocenters. The Labute approximate surface area is 164 Å².